The van der Waals surface area contributed by atoms with Crippen molar-refractivity contribution in [3.63, 3.8) is 0 Å². The number of alkyl halides is 1. The van der Waals surface area contributed by atoms with E-state index >= 15 is 0 Å². The van der Waals surface area contributed by atoms with Gasteiger partial charge in [-0.05, 0) is 62.8 Å². The summed E-state index contributed by atoms with van der Waals surface area (Å²) in [6, 6.07) is 8.11. The van der Waals surface area contributed by atoms with Crippen LogP contribution in [0.5, 0.6) is 0 Å². The highest BCUT2D eigenvalue weighted by Gasteiger charge is 2.34. The fraction of sp³-hybridized carbons (Fsp3) is 0.630. The van der Waals surface area contributed by atoms with Crippen LogP contribution < -0.4 is 15.8 Å². The van der Waals surface area contributed by atoms with Gasteiger partial charge in [-0.2, -0.15) is 5.10 Å². The Hall–Kier alpha value is -1.91. The number of ether oxygens (including phenoxy) is 3. The summed E-state index contributed by atoms with van der Waals surface area (Å²) in [5.41, 5.74) is -0.377. The Morgan fingerprint density at radius 1 is 1.11 bits per heavy atom. The van der Waals surface area contributed by atoms with Gasteiger partial charge in [-0.3, -0.25) is 4.79 Å². The van der Waals surface area contributed by atoms with Crippen LogP contribution in [0.3, 0.4) is 0 Å². The van der Waals surface area contributed by atoms with Crippen LogP contribution >= 0.6 is 23.2 Å². The van der Waals surface area contributed by atoms with Crippen molar-refractivity contribution < 1.29 is 18.6 Å². The predicted octanol–water partition coefficient (Wildman–Crippen LogP) is 4.89. The third-order valence-electron chi connectivity index (χ3n) is 7.71. The number of aromatic nitrogens is 2. The van der Waals surface area contributed by atoms with Gasteiger partial charge in [0.1, 0.15) is 5.02 Å². The summed E-state index contributed by atoms with van der Waals surface area (Å²) in [4.78, 5) is 15.5. The standard InChI is InChI=1S/C27H35Cl2FN4O4/c28-19-2-4-20(5-3-19)33(15-23-16-36-12-13-38-23)21-6-8-22(9-7-21)34-26(35)25(29)24(14-32-34)31-17-27(30)10-1-11-37-18-27/h2-5,14,21-23,31H,1,6-13,15-18H2/t21?,22?,23-,27+/m1/s1. The summed E-state index contributed by atoms with van der Waals surface area (Å²) in [5.74, 6) is 0. The van der Waals surface area contributed by atoms with Crippen LogP contribution in [0.4, 0.5) is 15.8 Å². The topological polar surface area (TPSA) is 77.9 Å². The Balaban J connectivity index is 1.24. The average molecular weight is 570 g/mol. The molecule has 0 amide bonds. The highest BCUT2D eigenvalue weighted by Crippen LogP contribution is 2.34. The molecule has 5 rings (SSSR count). The molecule has 0 unspecified atom stereocenters. The molecule has 2 aliphatic heterocycles. The minimum Gasteiger partial charge on any atom is -0.379 e. The van der Waals surface area contributed by atoms with Crippen molar-refractivity contribution in [1.29, 1.82) is 0 Å². The summed E-state index contributed by atoms with van der Waals surface area (Å²) >= 11 is 12.6. The van der Waals surface area contributed by atoms with Crippen molar-refractivity contribution >= 4 is 34.6 Å². The highest BCUT2D eigenvalue weighted by molar-refractivity contribution is 6.33. The average Bonchev–Trinajstić information content (AvgIpc) is 2.94. The van der Waals surface area contributed by atoms with Crippen molar-refractivity contribution in [2.75, 3.05) is 56.3 Å². The maximum atomic E-state index is 14.9. The molecular formula is C27H35Cl2FN4O4. The number of nitrogens with one attached hydrogen (secondary N) is 1. The fourth-order valence-electron chi connectivity index (χ4n) is 5.61. The number of rotatable bonds is 8. The number of benzene rings is 1. The normalized spacial score (nSPS) is 28.1. The van der Waals surface area contributed by atoms with Gasteiger partial charge in [0.25, 0.3) is 5.56 Å². The number of hydrogen-bond acceptors (Lipinski definition) is 7. The van der Waals surface area contributed by atoms with E-state index in [0.29, 0.717) is 50.0 Å². The van der Waals surface area contributed by atoms with E-state index in [1.165, 1.54) is 10.9 Å². The molecule has 2 aromatic rings. The van der Waals surface area contributed by atoms with Crippen molar-refractivity contribution in [3.05, 3.63) is 50.9 Å². The summed E-state index contributed by atoms with van der Waals surface area (Å²) in [6.45, 7) is 3.18. The van der Waals surface area contributed by atoms with E-state index in [2.05, 4.69) is 15.3 Å². The molecule has 1 aromatic carbocycles. The molecule has 2 atom stereocenters. The summed E-state index contributed by atoms with van der Waals surface area (Å²) < 4.78 is 33.2. The zero-order valence-corrected chi connectivity index (χ0v) is 22.9. The van der Waals surface area contributed by atoms with Crippen LogP contribution in [0.2, 0.25) is 10.0 Å². The van der Waals surface area contributed by atoms with Gasteiger partial charge in [-0.15, -0.1) is 0 Å². The Kier molecular flexibility index (Phi) is 9.10. The molecule has 2 saturated heterocycles. The lowest BCUT2D eigenvalue weighted by atomic mass is 9.89. The van der Waals surface area contributed by atoms with E-state index in [1.807, 2.05) is 24.3 Å². The highest BCUT2D eigenvalue weighted by atomic mass is 35.5. The molecule has 0 radical (unpaired) electrons. The first-order chi connectivity index (χ1) is 18.4. The predicted molar refractivity (Wildman–Crippen MR) is 147 cm³/mol. The molecule has 8 nitrogen and oxygen atoms in total. The second-order valence-electron chi connectivity index (χ2n) is 10.4. The largest absolute Gasteiger partial charge is 0.379 e. The molecule has 11 heteroatoms. The third-order valence-corrected chi connectivity index (χ3v) is 8.33. The van der Waals surface area contributed by atoms with Gasteiger partial charge in [-0.1, -0.05) is 23.2 Å². The van der Waals surface area contributed by atoms with E-state index in [1.54, 1.807) is 0 Å². The monoisotopic (exact) mass is 568 g/mol. The van der Waals surface area contributed by atoms with Gasteiger partial charge in [0, 0.05) is 29.9 Å². The molecule has 208 valence electrons. The van der Waals surface area contributed by atoms with Gasteiger partial charge in [0.05, 0.1) is 57.0 Å². The van der Waals surface area contributed by atoms with E-state index in [-0.39, 0.29) is 41.9 Å². The van der Waals surface area contributed by atoms with Gasteiger partial charge < -0.3 is 24.4 Å². The van der Waals surface area contributed by atoms with Gasteiger partial charge in [0.15, 0.2) is 5.67 Å². The van der Waals surface area contributed by atoms with Crippen molar-refractivity contribution in [2.24, 2.45) is 0 Å². The number of halogens is 3. The fourth-order valence-corrected chi connectivity index (χ4v) is 5.94. The smallest absolute Gasteiger partial charge is 0.287 e. The first kappa shape index (κ1) is 27.6. The van der Waals surface area contributed by atoms with Crippen LogP contribution in [0, 0.1) is 0 Å². The maximum Gasteiger partial charge on any atom is 0.287 e. The number of nitrogens with zero attached hydrogens (tertiary/aromatic N) is 3. The SMILES string of the molecule is O=c1c(Cl)c(NC[C@@]2(F)CCCOC2)cnn1C1CCC(N(C[C@@H]2COCCO2)c2ccc(Cl)cc2)CC1. The van der Waals surface area contributed by atoms with Gasteiger partial charge in [0.2, 0.25) is 0 Å². The molecule has 1 saturated carbocycles. The second-order valence-corrected chi connectivity index (χ2v) is 11.3. The Bertz CT molecular complexity index is 1120. The third kappa shape index (κ3) is 6.62. The lowest BCUT2D eigenvalue weighted by Crippen LogP contribution is -2.46. The summed E-state index contributed by atoms with van der Waals surface area (Å²) in [6.07, 6.45) is 5.97. The van der Waals surface area contributed by atoms with E-state index < -0.39 is 5.67 Å². The molecule has 3 fully saturated rings. The maximum absolute atomic E-state index is 14.9. The quantitative estimate of drug-likeness (QED) is 0.486. The van der Waals surface area contributed by atoms with E-state index in [4.69, 9.17) is 37.4 Å². The summed E-state index contributed by atoms with van der Waals surface area (Å²) in [7, 11) is 0. The zero-order chi connectivity index (χ0) is 26.5. The molecule has 3 aliphatic rings. The Labute approximate surface area is 232 Å². The molecule has 3 heterocycles. The molecule has 1 N–H and O–H groups in total. The molecule has 0 bridgehead atoms. The number of anilines is 2. The van der Waals surface area contributed by atoms with Crippen LogP contribution in [0.1, 0.15) is 44.6 Å². The van der Waals surface area contributed by atoms with Crippen molar-refractivity contribution in [2.45, 2.75) is 62.4 Å². The van der Waals surface area contributed by atoms with Crippen LogP contribution in [0.25, 0.3) is 0 Å². The Morgan fingerprint density at radius 2 is 1.89 bits per heavy atom. The number of hydrogen-bond donors (Lipinski definition) is 1. The lowest BCUT2D eigenvalue weighted by molar-refractivity contribution is -0.0847. The molecular weight excluding hydrogens is 534 g/mol. The van der Waals surface area contributed by atoms with E-state index in [0.717, 1.165) is 37.9 Å². The minimum atomic E-state index is -1.47. The van der Waals surface area contributed by atoms with Crippen LogP contribution in [-0.4, -0.2) is 73.7 Å². The zero-order valence-electron chi connectivity index (χ0n) is 21.4. The van der Waals surface area contributed by atoms with E-state index in [9.17, 15) is 9.18 Å². The second kappa shape index (κ2) is 12.5. The van der Waals surface area contributed by atoms with Gasteiger partial charge in [-0.25, -0.2) is 9.07 Å². The Morgan fingerprint density at radius 3 is 2.58 bits per heavy atom. The van der Waals surface area contributed by atoms with Crippen molar-refractivity contribution in [3.8, 4) is 0 Å². The molecule has 1 aromatic heterocycles. The molecule has 38 heavy (non-hydrogen) atoms. The van der Waals surface area contributed by atoms with Crippen molar-refractivity contribution in [1.82, 2.24) is 9.78 Å². The first-order valence-corrected chi connectivity index (χ1v) is 14.2. The lowest BCUT2D eigenvalue weighted by Gasteiger charge is -2.40. The summed E-state index contributed by atoms with van der Waals surface area (Å²) in [5, 5.41) is 8.13. The molecule has 1 aliphatic carbocycles. The van der Waals surface area contributed by atoms with Gasteiger partial charge >= 0.3 is 0 Å². The van der Waals surface area contributed by atoms with Crippen LogP contribution in [-0.2, 0) is 14.2 Å². The molecule has 0 spiro atoms. The minimum absolute atomic E-state index is 0.00363. The van der Waals surface area contributed by atoms with Crippen LogP contribution in [0.15, 0.2) is 35.3 Å². The first-order valence-electron chi connectivity index (χ1n) is 13.4.